The highest BCUT2D eigenvalue weighted by molar-refractivity contribution is 5.98. The lowest BCUT2D eigenvalue weighted by Gasteiger charge is -2.14. The summed E-state index contributed by atoms with van der Waals surface area (Å²) in [6, 6.07) is 9.71. The lowest BCUT2D eigenvalue weighted by molar-refractivity contribution is 0.0746. The van der Waals surface area contributed by atoms with E-state index in [2.05, 4.69) is 19.9 Å². The topological polar surface area (TPSA) is 74.8 Å². The third-order valence-electron chi connectivity index (χ3n) is 4.21. The Balaban J connectivity index is 1.61. The number of fused-ring (bicyclic) bond motifs is 1. The van der Waals surface area contributed by atoms with Crippen molar-refractivity contribution in [2.24, 2.45) is 0 Å². The number of aromatic nitrogens is 4. The van der Waals surface area contributed by atoms with Crippen LogP contribution in [0.25, 0.3) is 11.3 Å². The van der Waals surface area contributed by atoms with Crippen molar-refractivity contribution >= 4 is 5.91 Å². The number of benzene rings is 1. The maximum absolute atomic E-state index is 12.9. The fraction of sp³-hybridized carbons (Fsp3) is 0.222. The Bertz CT molecular complexity index is 887. The molecule has 0 unspecified atom stereocenters. The molecule has 6 nitrogen and oxygen atoms in total. The average Bonchev–Trinajstić information content (AvgIpc) is 3.28. The molecule has 2 aromatic heterocycles. The van der Waals surface area contributed by atoms with Gasteiger partial charge in [-0.25, -0.2) is 15.0 Å². The smallest absolute Gasteiger partial charge is 0.273 e. The largest absolute Gasteiger partial charge is 0.340 e. The van der Waals surface area contributed by atoms with E-state index in [4.69, 9.17) is 0 Å². The molecular formula is C18H17N5O. The number of hydrogen-bond donors (Lipinski definition) is 1. The fourth-order valence-electron chi connectivity index (χ4n) is 2.94. The van der Waals surface area contributed by atoms with E-state index in [-0.39, 0.29) is 5.91 Å². The van der Waals surface area contributed by atoms with Crippen molar-refractivity contribution < 1.29 is 4.79 Å². The van der Waals surface area contributed by atoms with E-state index in [9.17, 15) is 4.79 Å². The van der Waals surface area contributed by atoms with E-state index in [0.717, 1.165) is 29.1 Å². The van der Waals surface area contributed by atoms with E-state index in [1.165, 1.54) is 0 Å². The predicted octanol–water partition coefficient (Wildman–Crippen LogP) is 2.59. The van der Waals surface area contributed by atoms with E-state index >= 15 is 0 Å². The van der Waals surface area contributed by atoms with E-state index < -0.39 is 0 Å². The third kappa shape index (κ3) is 2.46. The SMILES string of the molecule is CCc1ncc2c(n1)CN(C(=O)c1[nH]cnc1-c1ccccc1)C2. The first-order chi connectivity index (χ1) is 11.8. The van der Waals surface area contributed by atoms with Crippen LogP contribution in [0.5, 0.6) is 0 Å². The van der Waals surface area contributed by atoms with Gasteiger partial charge in [-0.15, -0.1) is 0 Å². The van der Waals surface area contributed by atoms with Crippen LogP contribution >= 0.6 is 0 Å². The first-order valence-corrected chi connectivity index (χ1v) is 7.98. The number of imidazole rings is 1. The quantitative estimate of drug-likeness (QED) is 0.805. The summed E-state index contributed by atoms with van der Waals surface area (Å²) in [4.78, 5) is 30.9. The summed E-state index contributed by atoms with van der Waals surface area (Å²) in [5.41, 5.74) is 4.07. The summed E-state index contributed by atoms with van der Waals surface area (Å²) in [6.45, 7) is 3.07. The zero-order valence-corrected chi connectivity index (χ0v) is 13.4. The third-order valence-corrected chi connectivity index (χ3v) is 4.21. The van der Waals surface area contributed by atoms with Crippen LogP contribution in [0.15, 0.2) is 42.9 Å². The number of aromatic amines is 1. The number of rotatable bonds is 3. The number of carbonyl (C=O) groups is 1. The van der Waals surface area contributed by atoms with Crippen LogP contribution in [0.2, 0.25) is 0 Å². The molecule has 0 aliphatic carbocycles. The highest BCUT2D eigenvalue weighted by atomic mass is 16.2. The second kappa shape index (κ2) is 5.88. The molecule has 1 aromatic carbocycles. The summed E-state index contributed by atoms with van der Waals surface area (Å²) in [7, 11) is 0. The minimum atomic E-state index is -0.0672. The Kier molecular flexibility index (Phi) is 3.57. The molecule has 0 saturated carbocycles. The average molecular weight is 319 g/mol. The molecule has 4 rings (SSSR count). The van der Waals surface area contributed by atoms with Crippen molar-refractivity contribution in [2.75, 3.05) is 0 Å². The van der Waals surface area contributed by atoms with Gasteiger partial charge in [-0.05, 0) is 0 Å². The fourth-order valence-corrected chi connectivity index (χ4v) is 2.94. The minimum absolute atomic E-state index is 0.0672. The van der Waals surface area contributed by atoms with Gasteiger partial charge in [-0.2, -0.15) is 0 Å². The maximum atomic E-state index is 12.9. The van der Waals surface area contributed by atoms with E-state index in [0.29, 0.717) is 24.5 Å². The van der Waals surface area contributed by atoms with Crippen LogP contribution < -0.4 is 0 Å². The summed E-state index contributed by atoms with van der Waals surface area (Å²) in [5, 5.41) is 0. The van der Waals surface area contributed by atoms with Crippen molar-refractivity contribution in [3.8, 4) is 11.3 Å². The number of hydrogen-bond acceptors (Lipinski definition) is 4. The van der Waals surface area contributed by atoms with Crippen molar-refractivity contribution in [1.29, 1.82) is 0 Å². The monoisotopic (exact) mass is 319 g/mol. The van der Waals surface area contributed by atoms with Gasteiger partial charge in [0.2, 0.25) is 0 Å². The molecule has 1 N–H and O–H groups in total. The molecule has 1 aliphatic heterocycles. The zero-order valence-electron chi connectivity index (χ0n) is 13.4. The summed E-state index contributed by atoms with van der Waals surface area (Å²) >= 11 is 0. The van der Waals surface area contributed by atoms with Gasteiger partial charge in [0.05, 0.1) is 18.6 Å². The molecule has 1 aliphatic rings. The molecule has 0 radical (unpaired) electrons. The molecule has 0 bridgehead atoms. The van der Waals surface area contributed by atoms with Gasteiger partial charge in [-0.3, -0.25) is 4.79 Å². The van der Waals surface area contributed by atoms with Gasteiger partial charge in [0.25, 0.3) is 5.91 Å². The van der Waals surface area contributed by atoms with Crippen molar-refractivity contribution in [1.82, 2.24) is 24.8 Å². The summed E-state index contributed by atoms with van der Waals surface area (Å²) in [5.74, 6) is 0.747. The van der Waals surface area contributed by atoms with Crippen LogP contribution in [-0.4, -0.2) is 30.7 Å². The van der Waals surface area contributed by atoms with Crippen LogP contribution in [0, 0.1) is 0 Å². The van der Waals surface area contributed by atoms with Gasteiger partial charge >= 0.3 is 0 Å². The second-order valence-electron chi connectivity index (χ2n) is 5.77. The minimum Gasteiger partial charge on any atom is -0.340 e. The summed E-state index contributed by atoms with van der Waals surface area (Å²) in [6.07, 6.45) is 4.19. The molecule has 0 atom stereocenters. The first kappa shape index (κ1) is 14.6. The molecule has 3 aromatic rings. The van der Waals surface area contributed by atoms with Gasteiger partial charge in [0.1, 0.15) is 17.2 Å². The van der Waals surface area contributed by atoms with E-state index in [1.54, 1.807) is 11.2 Å². The van der Waals surface area contributed by atoms with Gasteiger partial charge in [0, 0.05) is 30.3 Å². The molecule has 24 heavy (non-hydrogen) atoms. The van der Waals surface area contributed by atoms with Crippen molar-refractivity contribution in [3.63, 3.8) is 0 Å². The van der Waals surface area contributed by atoms with Gasteiger partial charge in [-0.1, -0.05) is 37.3 Å². The molecule has 0 fully saturated rings. The standard InChI is InChI=1S/C18H17N5O/c1-2-15-19-8-13-9-23(10-14(13)22-15)18(24)17-16(20-11-21-17)12-6-4-3-5-7-12/h3-8,11H,2,9-10H2,1H3,(H,20,21). The van der Waals surface area contributed by atoms with Gasteiger partial charge < -0.3 is 9.88 Å². The molecule has 120 valence electrons. The highest BCUT2D eigenvalue weighted by Crippen LogP contribution is 2.26. The molecule has 6 heteroatoms. The maximum Gasteiger partial charge on any atom is 0.273 e. The second-order valence-corrected chi connectivity index (χ2v) is 5.77. The first-order valence-electron chi connectivity index (χ1n) is 7.98. The Morgan fingerprint density at radius 2 is 2.04 bits per heavy atom. The van der Waals surface area contributed by atoms with E-state index in [1.807, 2.05) is 43.5 Å². The number of carbonyl (C=O) groups excluding carboxylic acids is 1. The van der Waals surface area contributed by atoms with Crippen LogP contribution in [0.3, 0.4) is 0 Å². The van der Waals surface area contributed by atoms with Crippen LogP contribution in [0.1, 0.15) is 34.5 Å². The Hall–Kier alpha value is -3.02. The predicted molar refractivity (Wildman–Crippen MR) is 89.0 cm³/mol. The van der Waals surface area contributed by atoms with Gasteiger partial charge in [0.15, 0.2) is 0 Å². The molecule has 1 amide bonds. The lowest BCUT2D eigenvalue weighted by atomic mass is 10.1. The van der Waals surface area contributed by atoms with Crippen molar-refractivity contribution in [3.05, 3.63) is 65.6 Å². The van der Waals surface area contributed by atoms with Crippen molar-refractivity contribution in [2.45, 2.75) is 26.4 Å². The Morgan fingerprint density at radius 1 is 1.21 bits per heavy atom. The highest BCUT2D eigenvalue weighted by Gasteiger charge is 2.28. The molecule has 3 heterocycles. The number of amides is 1. The normalized spacial score (nSPS) is 13.1. The number of nitrogens with one attached hydrogen (secondary N) is 1. The van der Waals surface area contributed by atoms with Crippen LogP contribution in [-0.2, 0) is 19.5 Å². The van der Waals surface area contributed by atoms with Crippen LogP contribution in [0.4, 0.5) is 0 Å². The Labute approximate surface area is 139 Å². The Morgan fingerprint density at radius 3 is 2.83 bits per heavy atom. The number of aryl methyl sites for hydroxylation is 1. The molecule has 0 spiro atoms. The zero-order chi connectivity index (χ0) is 16.5. The molecule has 0 saturated heterocycles. The lowest BCUT2D eigenvalue weighted by Crippen LogP contribution is -2.26. The number of H-pyrrole nitrogens is 1. The molecular weight excluding hydrogens is 302 g/mol. The summed E-state index contributed by atoms with van der Waals surface area (Å²) < 4.78 is 0. The number of nitrogens with zero attached hydrogens (tertiary/aromatic N) is 4.